The smallest absolute Gasteiger partial charge is 0.0954 e. The van der Waals surface area contributed by atoms with Gasteiger partial charge in [-0.3, -0.25) is 0 Å². The van der Waals surface area contributed by atoms with Crippen LogP contribution < -0.4 is 5.73 Å². The molecule has 92 valence electrons. The van der Waals surface area contributed by atoms with Crippen LogP contribution in [0.3, 0.4) is 0 Å². The van der Waals surface area contributed by atoms with Gasteiger partial charge in [-0.25, -0.2) is 4.98 Å². The van der Waals surface area contributed by atoms with Crippen LogP contribution in [0.5, 0.6) is 0 Å². The minimum Gasteiger partial charge on any atom is -0.351 e. The van der Waals surface area contributed by atoms with Crippen LogP contribution >= 0.6 is 0 Å². The number of hydrogen-bond acceptors (Lipinski definition) is 2. The molecule has 4 nitrogen and oxygen atoms in total. The van der Waals surface area contributed by atoms with Crippen LogP contribution in [-0.4, -0.2) is 20.7 Å². The van der Waals surface area contributed by atoms with Gasteiger partial charge in [-0.05, 0) is 18.2 Å². The zero-order valence-electron chi connectivity index (χ0n) is 10.4. The molecular weight excluding hydrogens is 224 g/mol. The zero-order valence-corrected chi connectivity index (χ0v) is 10.4. The third kappa shape index (κ3) is 1.80. The van der Waals surface area contributed by atoms with Crippen molar-refractivity contribution in [3.63, 3.8) is 0 Å². The van der Waals surface area contributed by atoms with E-state index in [1.54, 1.807) is 0 Å². The molecule has 0 aliphatic carbocycles. The average molecular weight is 240 g/mol. The fraction of sp³-hybridized carbons (Fsp3) is 0.214. The second-order valence-corrected chi connectivity index (χ2v) is 4.49. The van der Waals surface area contributed by atoms with Crippen molar-refractivity contribution in [2.75, 3.05) is 6.54 Å². The number of aryl methyl sites for hydroxylation is 1. The van der Waals surface area contributed by atoms with Gasteiger partial charge < -0.3 is 14.9 Å². The number of rotatable bonds is 3. The molecular formula is C14H16N4. The monoisotopic (exact) mass is 240 g/mol. The Kier molecular flexibility index (Phi) is 2.64. The summed E-state index contributed by atoms with van der Waals surface area (Å²) < 4.78 is 4.14. The first-order chi connectivity index (χ1) is 8.78. The Morgan fingerprint density at radius 1 is 1.28 bits per heavy atom. The summed E-state index contributed by atoms with van der Waals surface area (Å²) in [6.45, 7) is 1.44. The molecule has 0 spiro atoms. The normalized spacial score (nSPS) is 11.2. The first kappa shape index (κ1) is 11.0. The van der Waals surface area contributed by atoms with E-state index >= 15 is 0 Å². The molecule has 2 N–H and O–H groups in total. The van der Waals surface area contributed by atoms with E-state index in [4.69, 9.17) is 5.73 Å². The minimum atomic E-state index is 0.632. The standard InChI is InChI=1S/C14H16N4/c1-17-6-4-12-8-11(2-3-14(12)17)13-9-18(7-5-15)10-16-13/h2-4,6,8-10H,5,7,15H2,1H3. The predicted molar refractivity (Wildman–Crippen MR) is 73.2 cm³/mol. The highest BCUT2D eigenvalue weighted by Crippen LogP contribution is 2.23. The van der Waals surface area contributed by atoms with Crippen molar-refractivity contribution in [1.29, 1.82) is 0 Å². The fourth-order valence-corrected chi connectivity index (χ4v) is 2.22. The van der Waals surface area contributed by atoms with Crippen molar-refractivity contribution >= 4 is 10.9 Å². The van der Waals surface area contributed by atoms with E-state index in [0.29, 0.717) is 6.54 Å². The van der Waals surface area contributed by atoms with Crippen LogP contribution in [-0.2, 0) is 13.6 Å². The Hall–Kier alpha value is -2.07. The Morgan fingerprint density at radius 2 is 2.17 bits per heavy atom. The van der Waals surface area contributed by atoms with Crippen LogP contribution in [0, 0.1) is 0 Å². The summed E-state index contributed by atoms with van der Waals surface area (Å²) in [6, 6.07) is 8.53. The number of imidazole rings is 1. The van der Waals surface area contributed by atoms with Crippen molar-refractivity contribution in [3.05, 3.63) is 43.0 Å². The Bertz CT molecular complexity index is 678. The largest absolute Gasteiger partial charge is 0.351 e. The molecule has 18 heavy (non-hydrogen) atoms. The molecule has 2 aromatic heterocycles. The summed E-state index contributed by atoms with van der Waals surface area (Å²) in [6.07, 6.45) is 5.94. The zero-order chi connectivity index (χ0) is 12.5. The molecule has 0 unspecified atom stereocenters. The molecule has 2 heterocycles. The molecule has 0 atom stereocenters. The van der Waals surface area contributed by atoms with E-state index in [1.165, 1.54) is 10.9 Å². The highest BCUT2D eigenvalue weighted by Gasteiger charge is 2.04. The minimum absolute atomic E-state index is 0.632. The van der Waals surface area contributed by atoms with Gasteiger partial charge in [0.05, 0.1) is 12.0 Å². The molecule has 3 aromatic rings. The van der Waals surface area contributed by atoms with E-state index in [1.807, 2.05) is 17.1 Å². The second-order valence-electron chi connectivity index (χ2n) is 4.49. The number of hydrogen-bond donors (Lipinski definition) is 1. The van der Waals surface area contributed by atoms with Gasteiger partial charge in [-0.15, -0.1) is 0 Å². The lowest BCUT2D eigenvalue weighted by Gasteiger charge is -2.00. The van der Waals surface area contributed by atoms with Gasteiger partial charge in [0.15, 0.2) is 0 Å². The third-order valence-corrected chi connectivity index (χ3v) is 3.20. The highest BCUT2D eigenvalue weighted by molar-refractivity contribution is 5.84. The second kappa shape index (κ2) is 4.31. The first-order valence-corrected chi connectivity index (χ1v) is 6.05. The van der Waals surface area contributed by atoms with Crippen molar-refractivity contribution in [2.24, 2.45) is 12.8 Å². The summed E-state index contributed by atoms with van der Waals surface area (Å²) >= 11 is 0. The maximum atomic E-state index is 5.53. The van der Waals surface area contributed by atoms with Gasteiger partial charge in [0.2, 0.25) is 0 Å². The molecule has 0 radical (unpaired) electrons. The topological polar surface area (TPSA) is 48.8 Å². The maximum absolute atomic E-state index is 5.53. The number of nitrogens with zero attached hydrogens (tertiary/aromatic N) is 3. The molecule has 0 saturated heterocycles. The predicted octanol–water partition coefficient (Wildman–Crippen LogP) is 2.00. The molecule has 1 aromatic carbocycles. The summed E-state index contributed by atoms with van der Waals surface area (Å²) in [4.78, 5) is 4.42. The van der Waals surface area contributed by atoms with Gasteiger partial charge in [0.25, 0.3) is 0 Å². The van der Waals surface area contributed by atoms with Crippen molar-refractivity contribution in [3.8, 4) is 11.3 Å². The fourth-order valence-electron chi connectivity index (χ4n) is 2.22. The number of nitrogens with two attached hydrogens (primary N) is 1. The number of benzene rings is 1. The van der Waals surface area contributed by atoms with Crippen molar-refractivity contribution < 1.29 is 0 Å². The van der Waals surface area contributed by atoms with Crippen LogP contribution in [0.15, 0.2) is 43.0 Å². The number of fused-ring (bicyclic) bond motifs is 1. The summed E-state index contributed by atoms with van der Waals surface area (Å²) in [5.74, 6) is 0. The van der Waals surface area contributed by atoms with E-state index in [9.17, 15) is 0 Å². The molecule has 3 rings (SSSR count). The lowest BCUT2D eigenvalue weighted by Crippen LogP contribution is -2.07. The average Bonchev–Trinajstić information content (AvgIpc) is 2.97. The maximum Gasteiger partial charge on any atom is 0.0954 e. The Morgan fingerprint density at radius 3 is 3.00 bits per heavy atom. The van der Waals surface area contributed by atoms with E-state index < -0.39 is 0 Å². The van der Waals surface area contributed by atoms with Gasteiger partial charge in [-0.1, -0.05) is 6.07 Å². The molecule has 0 amide bonds. The molecule has 0 fully saturated rings. The molecule has 0 aliphatic heterocycles. The number of aromatic nitrogens is 3. The summed E-state index contributed by atoms with van der Waals surface area (Å²) in [7, 11) is 2.05. The van der Waals surface area contributed by atoms with E-state index in [-0.39, 0.29) is 0 Å². The molecule has 0 aliphatic rings. The first-order valence-electron chi connectivity index (χ1n) is 6.05. The Balaban J connectivity index is 2.02. The molecule has 0 bridgehead atoms. The van der Waals surface area contributed by atoms with E-state index in [0.717, 1.165) is 17.8 Å². The van der Waals surface area contributed by atoms with Gasteiger partial charge in [0.1, 0.15) is 0 Å². The van der Waals surface area contributed by atoms with Crippen LogP contribution in [0.25, 0.3) is 22.2 Å². The van der Waals surface area contributed by atoms with Crippen LogP contribution in [0.4, 0.5) is 0 Å². The van der Waals surface area contributed by atoms with E-state index in [2.05, 4.69) is 47.1 Å². The lowest BCUT2D eigenvalue weighted by atomic mass is 10.1. The molecule has 4 heteroatoms. The Labute approximate surface area is 106 Å². The lowest BCUT2D eigenvalue weighted by molar-refractivity contribution is 0.708. The highest BCUT2D eigenvalue weighted by atomic mass is 15.0. The van der Waals surface area contributed by atoms with Crippen molar-refractivity contribution in [1.82, 2.24) is 14.1 Å². The van der Waals surface area contributed by atoms with Gasteiger partial charge in [-0.2, -0.15) is 0 Å². The van der Waals surface area contributed by atoms with Crippen LogP contribution in [0.1, 0.15) is 0 Å². The van der Waals surface area contributed by atoms with Gasteiger partial charge in [0, 0.05) is 49.0 Å². The van der Waals surface area contributed by atoms with Gasteiger partial charge >= 0.3 is 0 Å². The van der Waals surface area contributed by atoms with Crippen molar-refractivity contribution in [2.45, 2.75) is 6.54 Å². The van der Waals surface area contributed by atoms with Crippen LogP contribution in [0.2, 0.25) is 0 Å². The SMILES string of the molecule is Cn1ccc2cc(-c3cn(CCN)cn3)ccc21. The quantitative estimate of drug-likeness (QED) is 0.761. The summed E-state index contributed by atoms with van der Waals surface area (Å²) in [5, 5.41) is 1.24. The third-order valence-electron chi connectivity index (χ3n) is 3.20. The summed E-state index contributed by atoms with van der Waals surface area (Å²) in [5.41, 5.74) is 8.91. The molecule has 0 saturated carbocycles.